The number of carbonyl (C=O) groups is 4. The first-order valence-electron chi connectivity index (χ1n) is 8.87. The van der Waals surface area contributed by atoms with Crippen LogP contribution >= 0.6 is 11.8 Å². The Labute approximate surface area is 175 Å². The van der Waals surface area contributed by atoms with Gasteiger partial charge in [-0.3, -0.25) is 19.3 Å². The number of nitrogens with zero attached hydrogens (tertiary/aromatic N) is 1. The summed E-state index contributed by atoms with van der Waals surface area (Å²) in [4.78, 5) is 49.4. The van der Waals surface area contributed by atoms with Gasteiger partial charge in [-0.25, -0.2) is 4.79 Å². The summed E-state index contributed by atoms with van der Waals surface area (Å²) < 4.78 is 10.2. The SMILES string of the molecule is COC1(NC(=O)C(O)c2ccccc2)C(=O)N2C(C(=O)O)=C(COC(C)=O)CS[C@@H]21. The Hall–Kier alpha value is -2.89. The number of thioether (sulfide) groups is 1. The van der Waals surface area contributed by atoms with Gasteiger partial charge in [-0.2, -0.15) is 0 Å². The third-order valence-corrected chi connectivity index (χ3v) is 6.13. The Morgan fingerprint density at radius 1 is 1.33 bits per heavy atom. The number of rotatable bonds is 7. The van der Waals surface area contributed by atoms with Crippen LogP contribution in [0.4, 0.5) is 0 Å². The Kier molecular flexibility index (Phi) is 6.15. The summed E-state index contributed by atoms with van der Waals surface area (Å²) in [6.45, 7) is 0.928. The van der Waals surface area contributed by atoms with Crippen molar-refractivity contribution < 1.29 is 38.9 Å². The van der Waals surface area contributed by atoms with Crippen molar-refractivity contribution in [2.24, 2.45) is 0 Å². The van der Waals surface area contributed by atoms with Gasteiger partial charge >= 0.3 is 11.9 Å². The van der Waals surface area contributed by atoms with Crippen LogP contribution in [-0.2, 0) is 28.7 Å². The van der Waals surface area contributed by atoms with Gasteiger partial charge in [0.25, 0.3) is 17.5 Å². The Morgan fingerprint density at radius 3 is 2.57 bits per heavy atom. The van der Waals surface area contributed by atoms with Gasteiger partial charge in [-0.05, 0) is 5.56 Å². The standard InChI is InChI=1S/C19H20N2O8S/c1-10(22)29-8-12-9-30-18-19(28-2,17(27)21(18)13(12)16(25)26)20-15(24)14(23)11-6-4-3-5-7-11/h3-7,14,18,23H,8-9H2,1-2H3,(H,20,24)(H,25,26)/t14?,18-,19?/m1/s1. The number of aliphatic carboxylic acids is 1. The topological polar surface area (TPSA) is 142 Å². The molecule has 0 saturated carbocycles. The van der Waals surface area contributed by atoms with E-state index in [0.717, 1.165) is 16.7 Å². The van der Waals surface area contributed by atoms with Gasteiger partial charge in [0.05, 0.1) is 0 Å². The second-order valence-electron chi connectivity index (χ2n) is 6.62. The zero-order valence-corrected chi connectivity index (χ0v) is 17.0. The van der Waals surface area contributed by atoms with Crippen LogP contribution in [0.15, 0.2) is 41.6 Å². The Bertz CT molecular complexity index is 918. The van der Waals surface area contributed by atoms with E-state index in [2.05, 4.69) is 5.32 Å². The van der Waals surface area contributed by atoms with Crippen molar-refractivity contribution in [2.45, 2.75) is 24.1 Å². The van der Waals surface area contributed by atoms with E-state index in [0.29, 0.717) is 5.56 Å². The summed E-state index contributed by atoms with van der Waals surface area (Å²) in [6.07, 6.45) is -1.54. The largest absolute Gasteiger partial charge is 0.477 e. The zero-order chi connectivity index (χ0) is 22.1. The van der Waals surface area contributed by atoms with E-state index in [-0.39, 0.29) is 23.6 Å². The lowest BCUT2D eigenvalue weighted by Crippen LogP contribution is -2.81. The number of fused-ring (bicyclic) bond motifs is 1. The number of aliphatic hydroxyl groups is 1. The summed E-state index contributed by atoms with van der Waals surface area (Å²) in [5, 5.41) is 21.5. The molecule has 2 amide bonds. The molecule has 2 heterocycles. The first kappa shape index (κ1) is 21.8. The molecule has 1 aromatic carbocycles. The number of amides is 2. The number of carboxylic acids is 1. The number of β-lactam (4-membered cyclic amide) rings is 1. The molecule has 10 nitrogen and oxygen atoms in total. The Morgan fingerprint density at radius 2 is 2.00 bits per heavy atom. The number of benzene rings is 1. The van der Waals surface area contributed by atoms with Crippen molar-refractivity contribution in [2.75, 3.05) is 19.5 Å². The van der Waals surface area contributed by atoms with Crippen LogP contribution in [0.1, 0.15) is 18.6 Å². The van der Waals surface area contributed by atoms with Crippen LogP contribution in [0.3, 0.4) is 0 Å². The lowest BCUT2D eigenvalue weighted by molar-refractivity contribution is -0.194. The number of nitrogens with one attached hydrogen (secondary N) is 1. The highest BCUT2D eigenvalue weighted by Gasteiger charge is 2.66. The molecular formula is C19H20N2O8S. The highest BCUT2D eigenvalue weighted by atomic mass is 32.2. The second kappa shape index (κ2) is 8.46. The molecule has 0 spiro atoms. The molecule has 0 radical (unpaired) electrons. The summed E-state index contributed by atoms with van der Waals surface area (Å²) in [5.41, 5.74) is -1.55. The average molecular weight is 436 g/mol. The molecular weight excluding hydrogens is 416 g/mol. The number of esters is 1. The fourth-order valence-corrected chi connectivity index (χ4v) is 4.70. The number of methoxy groups -OCH3 is 1. The van der Waals surface area contributed by atoms with Crippen molar-refractivity contribution >= 4 is 35.5 Å². The monoisotopic (exact) mass is 436 g/mol. The molecule has 3 N–H and O–H groups in total. The minimum Gasteiger partial charge on any atom is -0.477 e. The van der Waals surface area contributed by atoms with E-state index in [1.54, 1.807) is 30.3 Å². The summed E-state index contributed by atoms with van der Waals surface area (Å²) >= 11 is 1.15. The van der Waals surface area contributed by atoms with Crippen LogP contribution in [0.5, 0.6) is 0 Å². The highest BCUT2D eigenvalue weighted by molar-refractivity contribution is 8.00. The molecule has 3 atom stereocenters. The third-order valence-electron chi connectivity index (χ3n) is 4.76. The molecule has 1 fully saturated rings. The van der Waals surface area contributed by atoms with Crippen LogP contribution in [0.2, 0.25) is 0 Å². The minimum atomic E-state index is -1.83. The van der Waals surface area contributed by atoms with E-state index >= 15 is 0 Å². The number of hydrogen-bond acceptors (Lipinski definition) is 8. The quantitative estimate of drug-likeness (QED) is 0.306. The van der Waals surface area contributed by atoms with E-state index < -0.39 is 41.0 Å². The lowest BCUT2D eigenvalue weighted by Gasteiger charge is -2.55. The minimum absolute atomic E-state index is 0.144. The number of carbonyl (C=O) groups excluding carboxylic acids is 3. The van der Waals surface area contributed by atoms with Gasteiger partial charge in [-0.15, -0.1) is 11.8 Å². The maximum atomic E-state index is 12.9. The van der Waals surface area contributed by atoms with Gasteiger partial charge in [0.2, 0.25) is 0 Å². The first-order chi connectivity index (χ1) is 14.2. The van der Waals surface area contributed by atoms with Gasteiger partial charge in [0.1, 0.15) is 17.7 Å². The second-order valence-corrected chi connectivity index (χ2v) is 7.69. The highest BCUT2D eigenvalue weighted by Crippen LogP contribution is 2.46. The fourth-order valence-electron chi connectivity index (χ4n) is 3.28. The number of ether oxygens (including phenoxy) is 2. The van der Waals surface area contributed by atoms with Gasteiger partial charge in [0.15, 0.2) is 6.10 Å². The predicted molar refractivity (Wildman–Crippen MR) is 104 cm³/mol. The third kappa shape index (κ3) is 3.66. The van der Waals surface area contributed by atoms with Crippen molar-refractivity contribution in [3.05, 3.63) is 47.2 Å². The van der Waals surface area contributed by atoms with Crippen molar-refractivity contribution in [1.82, 2.24) is 10.2 Å². The van der Waals surface area contributed by atoms with Crippen molar-refractivity contribution in [3.8, 4) is 0 Å². The van der Waals surface area contributed by atoms with Crippen LogP contribution in [0.25, 0.3) is 0 Å². The molecule has 2 unspecified atom stereocenters. The number of aliphatic hydroxyl groups excluding tert-OH is 1. The van der Waals surface area contributed by atoms with Crippen molar-refractivity contribution in [3.63, 3.8) is 0 Å². The molecule has 2 aliphatic rings. The molecule has 2 aliphatic heterocycles. The number of hydrogen-bond donors (Lipinski definition) is 3. The van der Waals surface area contributed by atoms with E-state index in [1.165, 1.54) is 14.0 Å². The summed E-state index contributed by atoms with van der Waals surface area (Å²) in [5.74, 6) is -3.46. The van der Waals surface area contributed by atoms with E-state index in [9.17, 15) is 29.4 Å². The van der Waals surface area contributed by atoms with E-state index in [4.69, 9.17) is 9.47 Å². The molecule has 0 aromatic heterocycles. The van der Waals surface area contributed by atoms with Gasteiger partial charge in [-0.1, -0.05) is 30.3 Å². The lowest BCUT2D eigenvalue weighted by atomic mass is 9.97. The Balaban J connectivity index is 1.84. The summed E-state index contributed by atoms with van der Waals surface area (Å²) in [7, 11) is 1.21. The maximum absolute atomic E-state index is 12.9. The molecule has 11 heteroatoms. The van der Waals surface area contributed by atoms with Gasteiger partial charge in [0, 0.05) is 25.4 Å². The molecule has 1 saturated heterocycles. The molecule has 3 rings (SSSR count). The number of carboxylic acid groups (broad SMARTS) is 1. The smallest absolute Gasteiger partial charge is 0.352 e. The maximum Gasteiger partial charge on any atom is 0.352 e. The molecule has 0 bridgehead atoms. The van der Waals surface area contributed by atoms with Crippen LogP contribution in [0, 0.1) is 0 Å². The fraction of sp³-hybridized carbons (Fsp3) is 0.368. The molecule has 1 aromatic rings. The summed E-state index contributed by atoms with van der Waals surface area (Å²) in [6, 6.07) is 8.14. The van der Waals surface area contributed by atoms with Gasteiger partial charge < -0.3 is 25.0 Å². The van der Waals surface area contributed by atoms with E-state index in [1.807, 2.05) is 0 Å². The molecule has 0 aliphatic carbocycles. The molecule has 160 valence electrons. The van der Waals surface area contributed by atoms with Crippen LogP contribution in [-0.4, -0.2) is 69.4 Å². The van der Waals surface area contributed by atoms with Crippen LogP contribution < -0.4 is 5.32 Å². The van der Waals surface area contributed by atoms with Crippen molar-refractivity contribution in [1.29, 1.82) is 0 Å². The zero-order valence-electron chi connectivity index (χ0n) is 16.2. The first-order valence-corrected chi connectivity index (χ1v) is 9.92. The predicted octanol–water partition coefficient (Wildman–Crippen LogP) is -0.00420. The molecule has 30 heavy (non-hydrogen) atoms. The average Bonchev–Trinajstić information content (AvgIpc) is 2.74. The normalized spacial score (nSPS) is 23.9.